The molecule has 120 valence electrons. The zero-order chi connectivity index (χ0) is 15.4. The third kappa shape index (κ3) is 2.68. The third-order valence-corrected chi connectivity index (χ3v) is 3.92. The molecule has 0 radical (unpaired) electrons. The molecule has 0 aromatic rings. The van der Waals surface area contributed by atoms with E-state index in [1.165, 1.54) is 7.11 Å². The van der Waals surface area contributed by atoms with E-state index in [1.807, 2.05) is 13.8 Å². The molecule has 3 heterocycles. The van der Waals surface area contributed by atoms with E-state index < -0.39 is 42.0 Å². The number of esters is 1. The molecule has 3 aliphatic rings. The fourth-order valence-electron chi connectivity index (χ4n) is 3.10. The highest BCUT2D eigenvalue weighted by Gasteiger charge is 2.59. The summed E-state index contributed by atoms with van der Waals surface area (Å²) in [5.41, 5.74) is 0. The fraction of sp³-hybridized carbons (Fsp3) is 0.929. The second-order valence-electron chi connectivity index (χ2n) is 6.49. The Labute approximate surface area is 123 Å². The lowest BCUT2D eigenvalue weighted by atomic mass is 9.99. The molecule has 21 heavy (non-hydrogen) atoms. The first-order valence-electron chi connectivity index (χ1n) is 7.13. The number of hydrogen-bond acceptors (Lipinski definition) is 7. The summed E-state index contributed by atoms with van der Waals surface area (Å²) >= 11 is 0. The molecule has 0 aromatic carbocycles. The van der Waals surface area contributed by atoms with E-state index >= 15 is 0 Å². The quantitative estimate of drug-likeness (QED) is 0.692. The van der Waals surface area contributed by atoms with E-state index in [2.05, 4.69) is 0 Å². The lowest BCUT2D eigenvalue weighted by molar-refractivity contribution is -0.342. The Bertz CT molecular complexity index is 433. The molecule has 0 spiro atoms. The molecule has 3 aliphatic heterocycles. The Kier molecular flexibility index (Phi) is 3.53. The topological polar surface area (TPSA) is 72.5 Å². The highest BCUT2D eigenvalue weighted by Crippen LogP contribution is 2.39. The molecule has 0 aromatic heterocycles. The van der Waals surface area contributed by atoms with Crippen LogP contribution in [0.5, 0.6) is 0 Å². The van der Waals surface area contributed by atoms with Crippen LogP contribution in [0.4, 0.5) is 0 Å². The Morgan fingerprint density at radius 2 is 1.67 bits per heavy atom. The van der Waals surface area contributed by atoms with Gasteiger partial charge in [0.25, 0.3) is 0 Å². The van der Waals surface area contributed by atoms with Gasteiger partial charge in [0.1, 0.15) is 18.3 Å². The van der Waals surface area contributed by atoms with E-state index in [0.717, 1.165) is 0 Å². The smallest absolute Gasteiger partial charge is 0.338 e. The van der Waals surface area contributed by atoms with Crippen molar-refractivity contribution in [3.05, 3.63) is 0 Å². The van der Waals surface area contributed by atoms with E-state index in [-0.39, 0.29) is 6.10 Å². The van der Waals surface area contributed by atoms with Crippen LogP contribution in [-0.2, 0) is 33.2 Å². The van der Waals surface area contributed by atoms with Gasteiger partial charge in [0, 0.05) is 7.11 Å². The number of hydrogen-bond donors (Lipinski definition) is 0. The number of carbonyl (C=O) groups excluding carboxylic acids is 1. The number of carbonyl (C=O) groups is 1. The highest BCUT2D eigenvalue weighted by molar-refractivity contribution is 5.78. The standard InChI is InChI=1S/C14H22O7/c1-13(2)17-6-7(19-13)8-9-10(21-14(3,4)20-8)11(16-5)12(15)18-9/h7-11H,6H2,1-5H3. The SMILES string of the molecule is COC1C(=O)OC2C(C3COC(C)(C)O3)OC(C)(C)OC12. The molecule has 3 fully saturated rings. The Morgan fingerprint density at radius 1 is 1.00 bits per heavy atom. The van der Waals surface area contributed by atoms with Gasteiger partial charge in [-0.05, 0) is 27.7 Å². The molecule has 3 saturated heterocycles. The second-order valence-corrected chi connectivity index (χ2v) is 6.49. The average Bonchev–Trinajstić information content (AvgIpc) is 2.86. The largest absolute Gasteiger partial charge is 0.455 e. The van der Waals surface area contributed by atoms with Crippen LogP contribution in [0, 0.1) is 0 Å². The lowest BCUT2D eigenvalue weighted by Gasteiger charge is -2.44. The first-order chi connectivity index (χ1) is 9.72. The van der Waals surface area contributed by atoms with Crippen LogP contribution < -0.4 is 0 Å². The summed E-state index contributed by atoms with van der Waals surface area (Å²) in [5, 5.41) is 0. The van der Waals surface area contributed by atoms with Crippen molar-refractivity contribution in [3.63, 3.8) is 0 Å². The van der Waals surface area contributed by atoms with Gasteiger partial charge in [-0.2, -0.15) is 0 Å². The van der Waals surface area contributed by atoms with Crippen LogP contribution >= 0.6 is 0 Å². The van der Waals surface area contributed by atoms with Gasteiger partial charge in [0.05, 0.1) is 6.61 Å². The van der Waals surface area contributed by atoms with Crippen molar-refractivity contribution in [2.75, 3.05) is 13.7 Å². The summed E-state index contributed by atoms with van der Waals surface area (Å²) < 4.78 is 33.8. The normalized spacial score (nSPS) is 44.4. The van der Waals surface area contributed by atoms with E-state index in [1.54, 1.807) is 13.8 Å². The first kappa shape index (κ1) is 15.2. The summed E-state index contributed by atoms with van der Waals surface area (Å²) in [5.74, 6) is -1.96. The fourth-order valence-corrected chi connectivity index (χ4v) is 3.10. The zero-order valence-corrected chi connectivity index (χ0v) is 13.0. The van der Waals surface area contributed by atoms with Crippen LogP contribution in [0.15, 0.2) is 0 Å². The van der Waals surface area contributed by atoms with Gasteiger partial charge in [-0.25, -0.2) is 4.79 Å². The molecule has 0 saturated carbocycles. The lowest BCUT2D eigenvalue weighted by Crippen LogP contribution is -2.59. The van der Waals surface area contributed by atoms with Gasteiger partial charge >= 0.3 is 5.97 Å². The summed E-state index contributed by atoms with van der Waals surface area (Å²) in [4.78, 5) is 11.9. The van der Waals surface area contributed by atoms with Crippen molar-refractivity contribution in [1.29, 1.82) is 0 Å². The van der Waals surface area contributed by atoms with Crippen LogP contribution in [0.25, 0.3) is 0 Å². The number of rotatable bonds is 2. The monoisotopic (exact) mass is 302 g/mol. The van der Waals surface area contributed by atoms with Gasteiger partial charge in [-0.3, -0.25) is 0 Å². The number of ether oxygens (including phenoxy) is 6. The van der Waals surface area contributed by atoms with Crippen molar-refractivity contribution in [3.8, 4) is 0 Å². The minimum absolute atomic E-state index is 0.320. The van der Waals surface area contributed by atoms with Crippen molar-refractivity contribution >= 4 is 5.97 Å². The number of methoxy groups -OCH3 is 1. The number of fused-ring (bicyclic) bond motifs is 1. The molecular formula is C14H22O7. The first-order valence-corrected chi connectivity index (χ1v) is 7.13. The van der Waals surface area contributed by atoms with Crippen molar-refractivity contribution < 1.29 is 33.2 Å². The van der Waals surface area contributed by atoms with E-state index in [9.17, 15) is 4.79 Å². The minimum Gasteiger partial charge on any atom is -0.455 e. The molecule has 3 rings (SSSR count). The Hall–Kier alpha value is -0.730. The van der Waals surface area contributed by atoms with E-state index in [0.29, 0.717) is 6.61 Å². The summed E-state index contributed by atoms with van der Waals surface area (Å²) in [6, 6.07) is 0. The highest BCUT2D eigenvalue weighted by atomic mass is 16.8. The minimum atomic E-state index is -0.854. The van der Waals surface area contributed by atoms with Crippen molar-refractivity contribution in [2.45, 2.75) is 69.8 Å². The maximum absolute atomic E-state index is 11.9. The molecule has 0 amide bonds. The predicted molar refractivity (Wildman–Crippen MR) is 69.4 cm³/mol. The van der Waals surface area contributed by atoms with Gasteiger partial charge < -0.3 is 28.4 Å². The van der Waals surface area contributed by atoms with Crippen molar-refractivity contribution in [2.24, 2.45) is 0 Å². The van der Waals surface area contributed by atoms with Crippen LogP contribution in [0.1, 0.15) is 27.7 Å². The molecule has 5 unspecified atom stereocenters. The molecule has 7 nitrogen and oxygen atoms in total. The molecule has 0 aliphatic carbocycles. The van der Waals surface area contributed by atoms with Gasteiger partial charge in [0.15, 0.2) is 23.8 Å². The van der Waals surface area contributed by atoms with Gasteiger partial charge in [0.2, 0.25) is 0 Å². The Balaban J connectivity index is 1.84. The zero-order valence-electron chi connectivity index (χ0n) is 13.0. The average molecular weight is 302 g/mol. The maximum atomic E-state index is 11.9. The molecule has 5 atom stereocenters. The van der Waals surface area contributed by atoms with Gasteiger partial charge in [-0.15, -0.1) is 0 Å². The molecule has 0 bridgehead atoms. The molecule has 7 heteroatoms. The van der Waals surface area contributed by atoms with Crippen LogP contribution in [0.3, 0.4) is 0 Å². The van der Waals surface area contributed by atoms with Crippen LogP contribution in [-0.4, -0.2) is 61.8 Å². The summed E-state index contributed by atoms with van der Waals surface area (Å²) in [6.07, 6.45) is -2.58. The summed E-state index contributed by atoms with van der Waals surface area (Å²) in [6.45, 7) is 7.66. The second kappa shape index (κ2) is 4.89. The molecule has 0 N–H and O–H groups in total. The predicted octanol–water partition coefficient (Wildman–Crippen LogP) is 0.598. The Morgan fingerprint density at radius 3 is 2.24 bits per heavy atom. The van der Waals surface area contributed by atoms with Crippen LogP contribution in [0.2, 0.25) is 0 Å². The summed E-state index contributed by atoms with van der Waals surface area (Å²) in [7, 11) is 1.47. The third-order valence-electron chi connectivity index (χ3n) is 3.92. The van der Waals surface area contributed by atoms with E-state index in [4.69, 9.17) is 28.4 Å². The maximum Gasteiger partial charge on any atom is 0.338 e. The molecular weight excluding hydrogens is 280 g/mol. The van der Waals surface area contributed by atoms with Crippen molar-refractivity contribution in [1.82, 2.24) is 0 Å². The van der Waals surface area contributed by atoms with Gasteiger partial charge in [-0.1, -0.05) is 0 Å².